The summed E-state index contributed by atoms with van der Waals surface area (Å²) in [5, 5.41) is 3.05. The summed E-state index contributed by atoms with van der Waals surface area (Å²) in [7, 11) is 0. The van der Waals surface area contributed by atoms with Gasteiger partial charge in [-0.25, -0.2) is 0 Å². The number of benzene rings is 1. The van der Waals surface area contributed by atoms with Crippen LogP contribution in [0.15, 0.2) is 18.2 Å². The number of hydrogen-bond acceptors (Lipinski definition) is 2. The average molecular weight is 286 g/mol. The van der Waals surface area contributed by atoms with E-state index in [2.05, 4.69) is 5.32 Å². The van der Waals surface area contributed by atoms with E-state index in [9.17, 15) is 4.79 Å². The maximum Gasteiger partial charge on any atom is 0.227 e. The van der Waals surface area contributed by atoms with E-state index in [1.165, 1.54) is 32.1 Å². The molecule has 3 heteroatoms. The summed E-state index contributed by atoms with van der Waals surface area (Å²) < 4.78 is 0. The number of nitrogen functional groups attached to an aromatic ring is 1. The Kier molecular flexibility index (Phi) is 4.18. The van der Waals surface area contributed by atoms with Gasteiger partial charge in [-0.05, 0) is 55.7 Å². The monoisotopic (exact) mass is 286 g/mol. The second-order valence-corrected chi connectivity index (χ2v) is 6.89. The maximum absolute atomic E-state index is 12.5. The van der Waals surface area contributed by atoms with Crippen molar-refractivity contribution in [2.45, 2.75) is 51.9 Å². The molecule has 21 heavy (non-hydrogen) atoms. The van der Waals surface area contributed by atoms with Gasteiger partial charge in [-0.15, -0.1) is 0 Å². The molecule has 2 saturated carbocycles. The Hall–Kier alpha value is -1.51. The van der Waals surface area contributed by atoms with Crippen LogP contribution in [0.25, 0.3) is 0 Å². The summed E-state index contributed by atoms with van der Waals surface area (Å²) >= 11 is 0. The molecular weight excluding hydrogens is 260 g/mol. The van der Waals surface area contributed by atoms with Crippen LogP contribution in [-0.2, 0) is 4.79 Å². The van der Waals surface area contributed by atoms with Crippen LogP contribution in [0.4, 0.5) is 11.4 Å². The normalized spacial score (nSPS) is 28.7. The Bertz CT molecular complexity index is 526. The van der Waals surface area contributed by atoms with E-state index in [4.69, 9.17) is 5.73 Å². The van der Waals surface area contributed by atoms with Crippen LogP contribution in [0.1, 0.15) is 50.5 Å². The lowest BCUT2D eigenvalue weighted by Crippen LogP contribution is -2.34. The first kappa shape index (κ1) is 14.4. The largest absolute Gasteiger partial charge is 0.397 e. The summed E-state index contributed by atoms with van der Waals surface area (Å²) in [6.07, 6.45) is 8.77. The molecule has 0 aliphatic heterocycles. The number of anilines is 2. The number of carbonyl (C=O) groups excluding carboxylic acids is 1. The number of hydrogen-bond donors (Lipinski definition) is 2. The van der Waals surface area contributed by atoms with Crippen molar-refractivity contribution in [3.63, 3.8) is 0 Å². The van der Waals surface area contributed by atoms with Gasteiger partial charge < -0.3 is 11.1 Å². The van der Waals surface area contributed by atoms with Gasteiger partial charge >= 0.3 is 0 Å². The molecule has 0 bridgehead atoms. The number of fused-ring (bicyclic) bond motifs is 1. The first-order chi connectivity index (χ1) is 10.1. The zero-order chi connectivity index (χ0) is 14.8. The molecule has 3 rings (SSSR count). The molecular formula is C18H26N2O. The lowest BCUT2D eigenvalue weighted by Gasteiger charge is -2.38. The molecule has 3 nitrogen and oxygen atoms in total. The Labute approximate surface area is 127 Å². The van der Waals surface area contributed by atoms with Crippen molar-refractivity contribution in [3.05, 3.63) is 23.8 Å². The number of amides is 1. The third-order valence-corrected chi connectivity index (χ3v) is 5.38. The van der Waals surface area contributed by atoms with Crippen molar-refractivity contribution in [1.82, 2.24) is 0 Å². The van der Waals surface area contributed by atoms with Gasteiger partial charge in [-0.2, -0.15) is 0 Å². The van der Waals surface area contributed by atoms with Crippen LogP contribution >= 0.6 is 0 Å². The molecule has 0 saturated heterocycles. The van der Waals surface area contributed by atoms with Crippen LogP contribution in [0.3, 0.4) is 0 Å². The van der Waals surface area contributed by atoms with Gasteiger partial charge in [0.2, 0.25) is 5.91 Å². The van der Waals surface area contributed by atoms with Crippen molar-refractivity contribution in [2.75, 3.05) is 11.1 Å². The Balaban J connectivity index is 1.64. The van der Waals surface area contributed by atoms with Gasteiger partial charge in [0.25, 0.3) is 0 Å². The lowest BCUT2D eigenvalue weighted by molar-refractivity contribution is -0.122. The smallest absolute Gasteiger partial charge is 0.227 e. The number of nitrogens with one attached hydrogen (secondary N) is 1. The predicted octanol–water partition coefficient (Wildman–Crippen LogP) is 4.12. The second-order valence-electron chi connectivity index (χ2n) is 6.89. The standard InChI is InChI=1S/C18H26N2O/c1-12-6-9-16(19)17(10-12)20-18(21)15-8-7-13-4-2-3-5-14(13)11-15/h6,9-10,13-15H,2-5,7-8,11,19H2,1H3,(H,20,21). The maximum atomic E-state index is 12.5. The Morgan fingerprint density at radius 2 is 1.90 bits per heavy atom. The molecule has 0 aromatic heterocycles. The highest BCUT2D eigenvalue weighted by Crippen LogP contribution is 2.43. The second kappa shape index (κ2) is 6.08. The SMILES string of the molecule is Cc1ccc(N)c(NC(=O)C2CCC3CCCCC3C2)c1. The molecule has 2 fully saturated rings. The predicted molar refractivity (Wildman–Crippen MR) is 87.0 cm³/mol. The van der Waals surface area contributed by atoms with Gasteiger partial charge in [0.15, 0.2) is 0 Å². The topological polar surface area (TPSA) is 55.1 Å². The zero-order valence-electron chi connectivity index (χ0n) is 12.9. The molecule has 0 heterocycles. The van der Waals surface area contributed by atoms with E-state index in [0.29, 0.717) is 5.69 Å². The van der Waals surface area contributed by atoms with E-state index in [1.54, 1.807) is 0 Å². The number of carbonyl (C=O) groups is 1. The zero-order valence-corrected chi connectivity index (χ0v) is 12.9. The van der Waals surface area contributed by atoms with Crippen molar-refractivity contribution < 1.29 is 4.79 Å². The fourth-order valence-corrected chi connectivity index (χ4v) is 4.12. The molecule has 3 N–H and O–H groups in total. The van der Waals surface area contributed by atoms with Crippen LogP contribution in [0.5, 0.6) is 0 Å². The van der Waals surface area contributed by atoms with E-state index in [-0.39, 0.29) is 11.8 Å². The van der Waals surface area contributed by atoms with Crippen LogP contribution in [0, 0.1) is 24.7 Å². The third kappa shape index (κ3) is 3.22. The fraction of sp³-hybridized carbons (Fsp3) is 0.611. The van der Waals surface area contributed by atoms with Crippen LogP contribution in [0.2, 0.25) is 0 Å². The minimum Gasteiger partial charge on any atom is -0.397 e. The van der Waals surface area contributed by atoms with E-state index in [0.717, 1.165) is 35.9 Å². The molecule has 0 radical (unpaired) electrons. The van der Waals surface area contributed by atoms with Crippen molar-refractivity contribution >= 4 is 17.3 Å². The summed E-state index contributed by atoms with van der Waals surface area (Å²) in [4.78, 5) is 12.5. The third-order valence-electron chi connectivity index (χ3n) is 5.38. The van der Waals surface area contributed by atoms with Crippen molar-refractivity contribution in [3.8, 4) is 0 Å². The molecule has 1 amide bonds. The first-order valence-electron chi connectivity index (χ1n) is 8.30. The minimum atomic E-state index is 0.163. The number of aryl methyl sites for hydroxylation is 1. The van der Waals surface area contributed by atoms with Gasteiger partial charge in [0, 0.05) is 5.92 Å². The highest BCUT2D eigenvalue weighted by Gasteiger charge is 2.35. The average Bonchev–Trinajstić information content (AvgIpc) is 2.50. The van der Waals surface area contributed by atoms with Crippen LogP contribution in [-0.4, -0.2) is 5.91 Å². The Morgan fingerprint density at radius 3 is 2.71 bits per heavy atom. The molecule has 3 atom stereocenters. The Morgan fingerprint density at radius 1 is 1.14 bits per heavy atom. The highest BCUT2D eigenvalue weighted by atomic mass is 16.1. The highest BCUT2D eigenvalue weighted by molar-refractivity contribution is 5.95. The minimum absolute atomic E-state index is 0.163. The molecule has 1 aromatic carbocycles. The first-order valence-corrected chi connectivity index (χ1v) is 8.30. The van der Waals surface area contributed by atoms with Crippen molar-refractivity contribution in [1.29, 1.82) is 0 Å². The van der Waals surface area contributed by atoms with Crippen molar-refractivity contribution in [2.24, 2.45) is 17.8 Å². The van der Waals surface area contributed by atoms with Gasteiger partial charge in [0.05, 0.1) is 11.4 Å². The van der Waals surface area contributed by atoms with Gasteiger partial charge in [0.1, 0.15) is 0 Å². The summed E-state index contributed by atoms with van der Waals surface area (Å²) in [6.45, 7) is 2.02. The molecule has 3 unspecified atom stereocenters. The quantitative estimate of drug-likeness (QED) is 0.803. The lowest BCUT2D eigenvalue weighted by atomic mass is 9.67. The van der Waals surface area contributed by atoms with Crippen LogP contribution < -0.4 is 11.1 Å². The van der Waals surface area contributed by atoms with E-state index in [1.807, 2.05) is 25.1 Å². The molecule has 0 spiro atoms. The molecule has 114 valence electrons. The van der Waals surface area contributed by atoms with E-state index < -0.39 is 0 Å². The summed E-state index contributed by atoms with van der Waals surface area (Å²) in [5.74, 6) is 1.99. The molecule has 1 aromatic rings. The van der Waals surface area contributed by atoms with Gasteiger partial charge in [-0.1, -0.05) is 31.7 Å². The number of rotatable bonds is 2. The molecule has 2 aliphatic carbocycles. The summed E-state index contributed by atoms with van der Waals surface area (Å²) in [6, 6.07) is 5.79. The molecule has 2 aliphatic rings. The fourth-order valence-electron chi connectivity index (χ4n) is 4.12. The van der Waals surface area contributed by atoms with Gasteiger partial charge in [-0.3, -0.25) is 4.79 Å². The van der Waals surface area contributed by atoms with E-state index >= 15 is 0 Å². The summed E-state index contributed by atoms with van der Waals surface area (Å²) in [5.41, 5.74) is 8.50. The number of nitrogens with two attached hydrogens (primary N) is 1.